The molecule has 1 aromatic carbocycles. The van der Waals surface area contributed by atoms with Crippen LogP contribution in [0.5, 0.6) is 0 Å². The van der Waals surface area contributed by atoms with Gasteiger partial charge in [0.2, 0.25) is 0 Å². The molecule has 0 unspecified atom stereocenters. The first-order valence-electron chi connectivity index (χ1n) is 7.43. The lowest BCUT2D eigenvalue weighted by atomic mass is 9.98. The lowest BCUT2D eigenvalue weighted by Crippen LogP contribution is -2.30. The summed E-state index contributed by atoms with van der Waals surface area (Å²) in [6.07, 6.45) is 4.06. The highest BCUT2D eigenvalue weighted by molar-refractivity contribution is 5.66. The minimum atomic E-state index is -0.364. The fraction of sp³-hybridized carbons (Fsp3) is 0.562. The molecular weight excluding hydrogens is 252 g/mol. The van der Waals surface area contributed by atoms with E-state index in [4.69, 9.17) is 0 Å². The van der Waals surface area contributed by atoms with Crippen LogP contribution in [0.2, 0.25) is 0 Å². The van der Waals surface area contributed by atoms with E-state index in [1.807, 2.05) is 0 Å². The Hall–Kier alpha value is -1.71. The van der Waals surface area contributed by atoms with Crippen LogP contribution in [0, 0.1) is 0 Å². The monoisotopic (exact) mass is 276 g/mol. The first kappa shape index (κ1) is 14.7. The Bertz CT molecular complexity index is 460. The second-order valence-corrected chi connectivity index (χ2v) is 5.22. The van der Waals surface area contributed by atoms with Gasteiger partial charge in [0, 0.05) is 25.3 Å². The number of benzene rings is 1. The zero-order chi connectivity index (χ0) is 14.4. The van der Waals surface area contributed by atoms with Crippen molar-refractivity contribution in [3.05, 3.63) is 29.3 Å². The van der Waals surface area contributed by atoms with Gasteiger partial charge in [0.05, 0.1) is 7.11 Å². The highest BCUT2D eigenvalue weighted by atomic mass is 16.5. The Morgan fingerprint density at radius 3 is 3.05 bits per heavy atom. The largest absolute Gasteiger partial charge is 0.453 e. The Kier molecular flexibility index (Phi) is 5.27. The highest BCUT2D eigenvalue weighted by Gasteiger charge is 2.16. The van der Waals surface area contributed by atoms with Crippen LogP contribution in [0.1, 0.15) is 30.9 Å². The average molecular weight is 276 g/mol. The van der Waals surface area contributed by atoms with Gasteiger partial charge in [-0.25, -0.2) is 4.79 Å². The molecule has 1 heterocycles. The van der Waals surface area contributed by atoms with Crippen molar-refractivity contribution in [3.63, 3.8) is 0 Å². The van der Waals surface area contributed by atoms with Gasteiger partial charge in [-0.05, 0) is 42.9 Å². The average Bonchev–Trinajstić information content (AvgIpc) is 2.47. The lowest BCUT2D eigenvalue weighted by Gasteiger charge is -2.31. The van der Waals surface area contributed by atoms with Crippen LogP contribution in [0.3, 0.4) is 0 Å². The number of amides is 1. The Morgan fingerprint density at radius 1 is 1.45 bits per heavy atom. The number of nitrogens with one attached hydrogen (secondary N) is 1. The molecule has 0 saturated carbocycles. The van der Waals surface area contributed by atoms with Crippen LogP contribution in [-0.4, -0.2) is 32.8 Å². The summed E-state index contributed by atoms with van der Waals surface area (Å²) in [5.74, 6) is 0. The van der Waals surface area contributed by atoms with Gasteiger partial charge >= 0.3 is 6.09 Å². The molecule has 1 amide bonds. The van der Waals surface area contributed by atoms with Gasteiger partial charge < -0.3 is 15.0 Å². The van der Waals surface area contributed by atoms with Gasteiger partial charge in [-0.15, -0.1) is 0 Å². The number of methoxy groups -OCH3 is 1. The Morgan fingerprint density at radius 2 is 2.30 bits per heavy atom. The molecule has 2 rings (SSSR count). The second kappa shape index (κ2) is 7.17. The lowest BCUT2D eigenvalue weighted by molar-refractivity contribution is 0.171. The number of fused-ring (bicyclic) bond motifs is 1. The number of carbonyl (C=O) groups excluding carboxylic acids is 1. The van der Waals surface area contributed by atoms with Crippen molar-refractivity contribution in [3.8, 4) is 0 Å². The molecular formula is C16H24N2O2. The number of nitrogens with zero attached hydrogens (tertiary/aromatic N) is 1. The topological polar surface area (TPSA) is 41.6 Å². The molecule has 1 N–H and O–H groups in total. The number of hydrogen-bond acceptors (Lipinski definition) is 3. The smallest absolute Gasteiger partial charge is 0.406 e. The number of aryl methyl sites for hydroxylation is 1. The van der Waals surface area contributed by atoms with Crippen LogP contribution >= 0.6 is 0 Å². The highest BCUT2D eigenvalue weighted by Crippen LogP contribution is 2.28. The number of alkyl carbamates (subject to hydrolysis) is 1. The van der Waals surface area contributed by atoms with Gasteiger partial charge in [0.15, 0.2) is 0 Å². The zero-order valence-electron chi connectivity index (χ0n) is 12.4. The first-order chi connectivity index (χ1) is 9.74. The SMILES string of the molecule is CCCN1CCCc2cc(CCNC(=O)OC)ccc21. The molecule has 0 aliphatic carbocycles. The summed E-state index contributed by atoms with van der Waals surface area (Å²) in [6, 6.07) is 6.69. The van der Waals surface area contributed by atoms with Crippen molar-refractivity contribution in [2.75, 3.05) is 31.6 Å². The van der Waals surface area contributed by atoms with Gasteiger partial charge in [0.1, 0.15) is 0 Å². The van der Waals surface area contributed by atoms with Gasteiger partial charge in [-0.2, -0.15) is 0 Å². The Balaban J connectivity index is 1.98. The molecule has 1 aromatic rings. The van der Waals surface area contributed by atoms with E-state index in [-0.39, 0.29) is 6.09 Å². The maximum Gasteiger partial charge on any atom is 0.406 e. The predicted octanol–water partition coefficient (Wildman–Crippen LogP) is 2.75. The summed E-state index contributed by atoms with van der Waals surface area (Å²) >= 11 is 0. The molecule has 0 radical (unpaired) electrons. The summed E-state index contributed by atoms with van der Waals surface area (Å²) in [4.78, 5) is 13.5. The van der Waals surface area contributed by atoms with Crippen LogP contribution in [-0.2, 0) is 17.6 Å². The number of carbonyl (C=O) groups is 1. The number of anilines is 1. The van der Waals surface area contributed by atoms with E-state index in [1.165, 1.54) is 43.3 Å². The molecule has 4 heteroatoms. The van der Waals surface area contributed by atoms with Gasteiger partial charge in [0.25, 0.3) is 0 Å². The first-order valence-corrected chi connectivity index (χ1v) is 7.43. The van der Waals surface area contributed by atoms with Crippen molar-refractivity contribution >= 4 is 11.8 Å². The quantitative estimate of drug-likeness (QED) is 0.899. The van der Waals surface area contributed by atoms with E-state index in [2.05, 4.69) is 40.1 Å². The fourth-order valence-electron chi connectivity index (χ4n) is 2.77. The maximum absolute atomic E-state index is 11.0. The molecule has 4 nitrogen and oxygen atoms in total. The van der Waals surface area contributed by atoms with E-state index in [0.717, 1.165) is 19.4 Å². The molecule has 0 spiro atoms. The number of ether oxygens (including phenoxy) is 1. The molecule has 110 valence electrons. The molecule has 1 aliphatic heterocycles. The molecule has 0 saturated heterocycles. The van der Waals surface area contributed by atoms with E-state index >= 15 is 0 Å². The van der Waals surface area contributed by atoms with Crippen molar-refractivity contribution in [1.82, 2.24) is 5.32 Å². The zero-order valence-corrected chi connectivity index (χ0v) is 12.4. The van der Waals surface area contributed by atoms with Crippen molar-refractivity contribution in [2.45, 2.75) is 32.6 Å². The fourth-order valence-corrected chi connectivity index (χ4v) is 2.77. The van der Waals surface area contributed by atoms with E-state index in [9.17, 15) is 4.79 Å². The molecule has 0 bridgehead atoms. The second-order valence-electron chi connectivity index (χ2n) is 5.22. The molecule has 0 aromatic heterocycles. The summed E-state index contributed by atoms with van der Waals surface area (Å²) in [6.45, 7) is 5.14. The summed E-state index contributed by atoms with van der Waals surface area (Å²) in [5, 5.41) is 2.72. The van der Waals surface area contributed by atoms with Crippen molar-refractivity contribution < 1.29 is 9.53 Å². The third-order valence-corrected chi connectivity index (χ3v) is 3.72. The van der Waals surface area contributed by atoms with Crippen molar-refractivity contribution in [1.29, 1.82) is 0 Å². The third-order valence-electron chi connectivity index (χ3n) is 3.72. The van der Waals surface area contributed by atoms with E-state index in [1.54, 1.807) is 0 Å². The minimum Gasteiger partial charge on any atom is -0.453 e. The Labute approximate surface area is 121 Å². The van der Waals surface area contributed by atoms with E-state index in [0.29, 0.717) is 6.54 Å². The minimum absolute atomic E-state index is 0.364. The summed E-state index contributed by atoms with van der Waals surface area (Å²) in [5.41, 5.74) is 4.11. The number of rotatable bonds is 5. The molecule has 20 heavy (non-hydrogen) atoms. The predicted molar refractivity (Wildman–Crippen MR) is 81.4 cm³/mol. The van der Waals surface area contributed by atoms with Gasteiger partial charge in [-0.3, -0.25) is 0 Å². The number of hydrogen-bond donors (Lipinski definition) is 1. The standard InChI is InChI=1S/C16H24N2O2/c1-3-10-18-11-4-5-14-12-13(6-7-15(14)18)8-9-17-16(19)20-2/h6-7,12H,3-5,8-11H2,1-2H3,(H,17,19). The summed E-state index contributed by atoms with van der Waals surface area (Å²) in [7, 11) is 1.39. The van der Waals surface area contributed by atoms with Crippen LogP contribution < -0.4 is 10.2 Å². The molecule has 0 atom stereocenters. The normalized spacial score (nSPS) is 13.8. The van der Waals surface area contributed by atoms with Crippen molar-refractivity contribution in [2.24, 2.45) is 0 Å². The maximum atomic E-state index is 11.0. The van der Waals surface area contributed by atoms with Crippen LogP contribution in [0.4, 0.5) is 10.5 Å². The van der Waals surface area contributed by atoms with Gasteiger partial charge in [-0.1, -0.05) is 19.1 Å². The summed E-state index contributed by atoms with van der Waals surface area (Å²) < 4.78 is 4.56. The van der Waals surface area contributed by atoms with E-state index < -0.39 is 0 Å². The van der Waals surface area contributed by atoms with Crippen LogP contribution in [0.25, 0.3) is 0 Å². The molecule has 1 aliphatic rings. The van der Waals surface area contributed by atoms with Crippen LogP contribution in [0.15, 0.2) is 18.2 Å². The third kappa shape index (κ3) is 3.65. The molecule has 0 fully saturated rings.